The van der Waals surface area contributed by atoms with E-state index in [9.17, 15) is 4.79 Å². The molecule has 1 unspecified atom stereocenters. The maximum atomic E-state index is 12.3. The molecule has 2 aliphatic rings. The van der Waals surface area contributed by atoms with Gasteiger partial charge in [0.05, 0.1) is 18.8 Å². The largest absolute Gasteiger partial charge is 0.379 e. The fourth-order valence-electron chi connectivity index (χ4n) is 3.08. The maximum Gasteiger partial charge on any atom is 0.252 e. The Labute approximate surface area is 135 Å². The third kappa shape index (κ3) is 3.45. The molecule has 2 saturated heterocycles. The van der Waals surface area contributed by atoms with E-state index in [2.05, 4.69) is 15.2 Å². The normalized spacial score (nSPS) is 26.0. The number of hydrogen-bond acceptors (Lipinski definition) is 5. The minimum absolute atomic E-state index is 0.0305. The van der Waals surface area contributed by atoms with Crippen molar-refractivity contribution in [2.75, 3.05) is 44.4 Å². The van der Waals surface area contributed by atoms with E-state index in [1.807, 2.05) is 30.8 Å². The molecule has 6 heteroatoms. The predicted octanol–water partition coefficient (Wildman–Crippen LogP) is 1.33. The quantitative estimate of drug-likeness (QED) is 0.907. The van der Waals surface area contributed by atoms with Gasteiger partial charge in [-0.2, -0.15) is 11.8 Å². The third-order valence-electron chi connectivity index (χ3n) is 4.52. The van der Waals surface area contributed by atoms with Crippen molar-refractivity contribution in [3.8, 4) is 0 Å². The summed E-state index contributed by atoms with van der Waals surface area (Å²) in [6, 6.07) is 3.71. The van der Waals surface area contributed by atoms with Crippen LogP contribution in [0.5, 0.6) is 0 Å². The molecule has 3 heterocycles. The molecule has 22 heavy (non-hydrogen) atoms. The van der Waals surface area contributed by atoms with Crippen LogP contribution in [0.1, 0.15) is 22.5 Å². The Morgan fingerprint density at radius 1 is 1.45 bits per heavy atom. The lowest BCUT2D eigenvalue weighted by atomic mass is 9.95. The number of pyridine rings is 1. The summed E-state index contributed by atoms with van der Waals surface area (Å²) < 4.78 is 5.47. The van der Waals surface area contributed by atoms with E-state index in [0.717, 1.165) is 44.2 Å². The van der Waals surface area contributed by atoms with E-state index in [1.54, 1.807) is 6.20 Å². The highest BCUT2D eigenvalue weighted by Crippen LogP contribution is 2.33. The molecule has 120 valence electrons. The van der Waals surface area contributed by atoms with Gasteiger partial charge in [-0.3, -0.25) is 14.7 Å². The average molecular weight is 321 g/mol. The van der Waals surface area contributed by atoms with E-state index < -0.39 is 0 Å². The summed E-state index contributed by atoms with van der Waals surface area (Å²) in [5.41, 5.74) is 1.64. The molecule has 1 amide bonds. The third-order valence-corrected chi connectivity index (χ3v) is 5.75. The summed E-state index contributed by atoms with van der Waals surface area (Å²) in [5.74, 6) is 2.22. The van der Waals surface area contributed by atoms with Gasteiger partial charge < -0.3 is 10.1 Å². The number of thioether (sulfide) groups is 1. The second-order valence-electron chi connectivity index (χ2n) is 6.00. The minimum Gasteiger partial charge on any atom is -0.379 e. The second-order valence-corrected chi connectivity index (χ2v) is 7.10. The van der Waals surface area contributed by atoms with Crippen molar-refractivity contribution in [2.24, 2.45) is 0 Å². The van der Waals surface area contributed by atoms with E-state index in [-0.39, 0.29) is 11.4 Å². The number of nitrogens with one attached hydrogen (secondary N) is 1. The Bertz CT molecular complexity index is 509. The van der Waals surface area contributed by atoms with Crippen LogP contribution in [0.3, 0.4) is 0 Å². The molecule has 3 rings (SSSR count). The van der Waals surface area contributed by atoms with Crippen LogP contribution >= 0.6 is 11.8 Å². The summed E-state index contributed by atoms with van der Waals surface area (Å²) >= 11 is 1.98. The molecular weight excluding hydrogens is 298 g/mol. The highest BCUT2D eigenvalue weighted by molar-refractivity contribution is 7.99. The first-order chi connectivity index (χ1) is 10.7. The van der Waals surface area contributed by atoms with Gasteiger partial charge in [-0.15, -0.1) is 0 Å². The van der Waals surface area contributed by atoms with Crippen LogP contribution in [0, 0.1) is 6.92 Å². The molecule has 0 aromatic carbocycles. The first kappa shape index (κ1) is 15.8. The molecular formula is C16H23N3O2S. The number of carbonyl (C=O) groups excluding carboxylic acids is 1. The van der Waals surface area contributed by atoms with Gasteiger partial charge in [0.25, 0.3) is 5.91 Å². The Kier molecular flexibility index (Phi) is 5.00. The summed E-state index contributed by atoms with van der Waals surface area (Å²) in [4.78, 5) is 19.0. The zero-order chi connectivity index (χ0) is 15.4. The highest BCUT2D eigenvalue weighted by atomic mass is 32.2. The summed E-state index contributed by atoms with van der Waals surface area (Å²) in [6.07, 6.45) is 2.78. The number of hydrogen-bond donors (Lipinski definition) is 1. The van der Waals surface area contributed by atoms with Crippen LogP contribution in [-0.2, 0) is 4.74 Å². The van der Waals surface area contributed by atoms with Crippen molar-refractivity contribution in [3.63, 3.8) is 0 Å². The van der Waals surface area contributed by atoms with Crippen molar-refractivity contribution < 1.29 is 9.53 Å². The highest BCUT2D eigenvalue weighted by Gasteiger charge is 2.40. The molecule has 1 atom stereocenters. The number of rotatable bonds is 4. The van der Waals surface area contributed by atoms with Gasteiger partial charge in [0, 0.05) is 42.8 Å². The Morgan fingerprint density at radius 2 is 2.27 bits per heavy atom. The Morgan fingerprint density at radius 3 is 2.91 bits per heavy atom. The number of ether oxygens (including phenoxy) is 1. The number of nitrogens with zero attached hydrogens (tertiary/aromatic N) is 2. The Hall–Kier alpha value is -1.11. The van der Waals surface area contributed by atoms with Gasteiger partial charge >= 0.3 is 0 Å². The zero-order valence-electron chi connectivity index (χ0n) is 13.0. The molecule has 0 aliphatic carbocycles. The molecule has 0 saturated carbocycles. The van der Waals surface area contributed by atoms with E-state index >= 15 is 0 Å². The number of aryl methyl sites for hydroxylation is 1. The summed E-state index contributed by atoms with van der Waals surface area (Å²) in [5, 5.41) is 3.12. The van der Waals surface area contributed by atoms with Crippen LogP contribution in [0.4, 0.5) is 0 Å². The van der Waals surface area contributed by atoms with E-state index in [0.29, 0.717) is 12.1 Å². The van der Waals surface area contributed by atoms with Crippen LogP contribution < -0.4 is 5.32 Å². The molecule has 2 fully saturated rings. The number of aromatic nitrogens is 1. The zero-order valence-corrected chi connectivity index (χ0v) is 13.8. The molecule has 1 aromatic heterocycles. The van der Waals surface area contributed by atoms with E-state index in [4.69, 9.17) is 4.74 Å². The molecule has 0 radical (unpaired) electrons. The van der Waals surface area contributed by atoms with Crippen molar-refractivity contribution in [1.29, 1.82) is 0 Å². The number of morpholine rings is 1. The molecule has 5 nitrogen and oxygen atoms in total. The van der Waals surface area contributed by atoms with Crippen molar-refractivity contribution >= 4 is 17.7 Å². The lowest BCUT2D eigenvalue weighted by Crippen LogP contribution is -2.59. The number of carbonyl (C=O) groups is 1. The SMILES string of the molecule is Cc1ccc(C(=O)NCC2(N3CCOCC3)CCSC2)cn1. The van der Waals surface area contributed by atoms with Crippen molar-refractivity contribution in [3.05, 3.63) is 29.6 Å². The monoisotopic (exact) mass is 321 g/mol. The smallest absolute Gasteiger partial charge is 0.252 e. The molecule has 0 bridgehead atoms. The van der Waals surface area contributed by atoms with Crippen LogP contribution in [0.15, 0.2) is 18.3 Å². The lowest BCUT2D eigenvalue weighted by molar-refractivity contribution is -0.0129. The topological polar surface area (TPSA) is 54.5 Å². The van der Waals surface area contributed by atoms with Crippen LogP contribution in [0.25, 0.3) is 0 Å². The van der Waals surface area contributed by atoms with Gasteiger partial charge in [-0.25, -0.2) is 0 Å². The van der Waals surface area contributed by atoms with Crippen LogP contribution in [0.2, 0.25) is 0 Å². The van der Waals surface area contributed by atoms with E-state index in [1.165, 1.54) is 5.75 Å². The van der Waals surface area contributed by atoms with Gasteiger partial charge in [0.1, 0.15) is 0 Å². The molecule has 2 aliphatic heterocycles. The maximum absolute atomic E-state index is 12.3. The second kappa shape index (κ2) is 6.98. The Balaban J connectivity index is 1.64. The van der Waals surface area contributed by atoms with Crippen molar-refractivity contribution in [2.45, 2.75) is 18.9 Å². The summed E-state index contributed by atoms with van der Waals surface area (Å²) in [6.45, 7) is 6.13. The van der Waals surface area contributed by atoms with Gasteiger partial charge in [-0.1, -0.05) is 0 Å². The van der Waals surface area contributed by atoms with Gasteiger partial charge in [0.15, 0.2) is 0 Å². The first-order valence-corrected chi connectivity index (χ1v) is 8.96. The first-order valence-electron chi connectivity index (χ1n) is 7.81. The van der Waals surface area contributed by atoms with Crippen molar-refractivity contribution in [1.82, 2.24) is 15.2 Å². The fraction of sp³-hybridized carbons (Fsp3) is 0.625. The molecule has 0 spiro atoms. The fourth-order valence-corrected chi connectivity index (χ4v) is 4.56. The van der Waals surface area contributed by atoms with Gasteiger partial charge in [-0.05, 0) is 31.2 Å². The average Bonchev–Trinajstić information content (AvgIpc) is 3.04. The van der Waals surface area contributed by atoms with Gasteiger partial charge in [0.2, 0.25) is 0 Å². The molecule has 1 N–H and O–H groups in total. The predicted molar refractivity (Wildman–Crippen MR) is 88.4 cm³/mol. The lowest BCUT2D eigenvalue weighted by Gasteiger charge is -2.43. The number of amides is 1. The standard InChI is InChI=1S/C16H23N3O2S/c1-13-2-3-14(10-17-13)15(20)18-11-16(4-9-22-12-16)19-5-7-21-8-6-19/h2-3,10H,4-9,11-12H2,1H3,(H,18,20). The minimum atomic E-state index is -0.0305. The summed E-state index contributed by atoms with van der Waals surface area (Å²) in [7, 11) is 0. The van der Waals surface area contributed by atoms with Crippen LogP contribution in [-0.4, -0.2) is 65.7 Å². The molecule has 1 aromatic rings.